The maximum atomic E-state index is 5.94. The van der Waals surface area contributed by atoms with Crippen LogP contribution in [0.1, 0.15) is 27.2 Å². The van der Waals surface area contributed by atoms with Gasteiger partial charge in [-0.2, -0.15) is 0 Å². The van der Waals surface area contributed by atoms with Crippen LogP contribution in [0.3, 0.4) is 0 Å². The number of nitrogen functional groups attached to an aromatic ring is 1. The lowest BCUT2D eigenvalue weighted by molar-refractivity contribution is 0.340. The highest BCUT2D eigenvalue weighted by Gasteiger charge is 2.46. The Morgan fingerprint density at radius 3 is 2.81 bits per heavy atom. The Labute approximate surface area is 124 Å². The van der Waals surface area contributed by atoms with Gasteiger partial charge in [-0.25, -0.2) is 4.68 Å². The molecular weight excluding hydrogens is 266 g/mol. The average molecular weight is 287 g/mol. The van der Waals surface area contributed by atoms with Crippen molar-refractivity contribution < 1.29 is 4.74 Å². The van der Waals surface area contributed by atoms with E-state index in [1.807, 2.05) is 29.8 Å². The van der Waals surface area contributed by atoms with E-state index in [4.69, 9.17) is 10.5 Å². The van der Waals surface area contributed by atoms with Gasteiger partial charge >= 0.3 is 0 Å². The molecule has 0 spiro atoms. The summed E-state index contributed by atoms with van der Waals surface area (Å²) in [6.07, 6.45) is 1.22. The largest absolute Gasteiger partial charge is 0.494 e. The normalized spacial score (nSPS) is 19.5. The fourth-order valence-corrected chi connectivity index (χ4v) is 2.63. The van der Waals surface area contributed by atoms with E-state index in [9.17, 15) is 0 Å². The molecule has 0 aliphatic heterocycles. The van der Waals surface area contributed by atoms with E-state index in [-0.39, 0.29) is 0 Å². The summed E-state index contributed by atoms with van der Waals surface area (Å²) in [7, 11) is 0. The lowest BCUT2D eigenvalue weighted by Gasteiger charge is -2.09. The van der Waals surface area contributed by atoms with Crippen molar-refractivity contribution in [2.45, 2.75) is 33.7 Å². The lowest BCUT2D eigenvalue weighted by Crippen LogP contribution is -2.08. The monoisotopic (exact) mass is 287 g/mol. The topological polar surface area (TPSA) is 78.8 Å². The number of ether oxygens (including phenoxy) is 1. The minimum atomic E-state index is 0.398. The molecule has 1 unspecified atom stereocenters. The molecule has 1 fully saturated rings. The molecule has 6 nitrogen and oxygen atoms in total. The van der Waals surface area contributed by atoms with Gasteiger partial charge in [0.25, 0.3) is 0 Å². The Balaban J connectivity index is 1.89. The molecule has 21 heavy (non-hydrogen) atoms. The molecule has 0 saturated heterocycles. The van der Waals surface area contributed by atoms with Gasteiger partial charge in [-0.3, -0.25) is 0 Å². The molecule has 1 aliphatic rings. The van der Waals surface area contributed by atoms with Gasteiger partial charge < -0.3 is 10.5 Å². The summed E-state index contributed by atoms with van der Waals surface area (Å²) in [4.78, 5) is 0. The summed E-state index contributed by atoms with van der Waals surface area (Å²) in [6.45, 7) is 7.94. The number of hydrogen-bond acceptors (Lipinski definition) is 5. The summed E-state index contributed by atoms with van der Waals surface area (Å²) < 4.78 is 7.40. The predicted molar refractivity (Wildman–Crippen MR) is 80.7 cm³/mol. The van der Waals surface area contributed by atoms with Crippen molar-refractivity contribution in [2.75, 3.05) is 12.3 Å². The number of rotatable bonds is 5. The van der Waals surface area contributed by atoms with Gasteiger partial charge in [-0.05, 0) is 47.2 Å². The van der Waals surface area contributed by atoms with E-state index in [0.717, 1.165) is 23.7 Å². The quantitative estimate of drug-likeness (QED) is 0.854. The minimum Gasteiger partial charge on any atom is -0.494 e. The SMILES string of the molecule is CCOc1cc(N)cc(-c2nnnn2CC2CC2(C)C)c1. The van der Waals surface area contributed by atoms with Crippen LogP contribution in [0.5, 0.6) is 5.75 Å². The average Bonchev–Trinajstić information content (AvgIpc) is 2.83. The second kappa shape index (κ2) is 5.02. The van der Waals surface area contributed by atoms with Crippen molar-refractivity contribution in [3.8, 4) is 17.1 Å². The van der Waals surface area contributed by atoms with Crippen LogP contribution in [0, 0.1) is 11.3 Å². The first kappa shape index (κ1) is 13.9. The molecule has 1 aromatic heterocycles. The van der Waals surface area contributed by atoms with Gasteiger partial charge in [0.05, 0.1) is 6.61 Å². The fraction of sp³-hybridized carbons (Fsp3) is 0.533. The lowest BCUT2D eigenvalue weighted by atomic mass is 10.1. The first-order valence-electron chi connectivity index (χ1n) is 7.29. The van der Waals surface area contributed by atoms with Crippen molar-refractivity contribution in [3.05, 3.63) is 18.2 Å². The van der Waals surface area contributed by atoms with Crippen LogP contribution in [0.4, 0.5) is 5.69 Å². The first-order chi connectivity index (χ1) is 9.99. The summed E-state index contributed by atoms with van der Waals surface area (Å²) in [5.74, 6) is 2.12. The number of tetrazole rings is 1. The van der Waals surface area contributed by atoms with E-state index >= 15 is 0 Å². The standard InChI is InChI=1S/C15H21N5O/c1-4-21-13-6-10(5-12(16)7-13)14-17-18-19-20(14)9-11-8-15(11,2)3/h5-7,11H,4,8-9,16H2,1-3H3. The fourth-order valence-electron chi connectivity index (χ4n) is 2.63. The molecule has 1 heterocycles. The Morgan fingerprint density at radius 2 is 2.14 bits per heavy atom. The first-order valence-corrected chi connectivity index (χ1v) is 7.29. The van der Waals surface area contributed by atoms with E-state index in [1.54, 1.807) is 0 Å². The molecular formula is C15H21N5O. The molecule has 0 radical (unpaired) electrons. The van der Waals surface area contributed by atoms with Crippen molar-refractivity contribution in [1.82, 2.24) is 20.2 Å². The van der Waals surface area contributed by atoms with Crippen LogP contribution >= 0.6 is 0 Å². The van der Waals surface area contributed by atoms with Gasteiger partial charge in [-0.1, -0.05) is 13.8 Å². The van der Waals surface area contributed by atoms with Crippen LogP contribution in [0.15, 0.2) is 18.2 Å². The zero-order valence-corrected chi connectivity index (χ0v) is 12.7. The van der Waals surface area contributed by atoms with Crippen LogP contribution in [-0.2, 0) is 6.54 Å². The number of hydrogen-bond donors (Lipinski definition) is 1. The third kappa shape index (κ3) is 2.84. The van der Waals surface area contributed by atoms with Crippen LogP contribution in [-0.4, -0.2) is 26.8 Å². The number of benzene rings is 1. The Kier molecular flexibility index (Phi) is 3.31. The highest BCUT2D eigenvalue weighted by Crippen LogP contribution is 2.52. The molecule has 1 atom stereocenters. The summed E-state index contributed by atoms with van der Waals surface area (Å²) in [5, 5.41) is 12.1. The van der Waals surface area contributed by atoms with E-state index in [0.29, 0.717) is 23.6 Å². The summed E-state index contributed by atoms with van der Waals surface area (Å²) in [5.41, 5.74) is 7.88. The Hall–Kier alpha value is -2.11. The molecule has 0 bridgehead atoms. The zero-order chi connectivity index (χ0) is 15.0. The molecule has 1 aliphatic carbocycles. The van der Waals surface area contributed by atoms with Gasteiger partial charge in [-0.15, -0.1) is 5.10 Å². The molecule has 0 amide bonds. The molecule has 3 rings (SSSR count). The highest BCUT2D eigenvalue weighted by atomic mass is 16.5. The number of anilines is 1. The zero-order valence-electron chi connectivity index (χ0n) is 12.7. The summed E-state index contributed by atoms with van der Waals surface area (Å²) >= 11 is 0. The third-order valence-electron chi connectivity index (χ3n) is 4.14. The Morgan fingerprint density at radius 1 is 1.38 bits per heavy atom. The second-order valence-electron chi connectivity index (χ2n) is 6.30. The van der Waals surface area contributed by atoms with E-state index in [2.05, 4.69) is 29.4 Å². The van der Waals surface area contributed by atoms with Gasteiger partial charge in [0.15, 0.2) is 5.82 Å². The van der Waals surface area contributed by atoms with Crippen LogP contribution in [0.25, 0.3) is 11.4 Å². The predicted octanol–water partition coefficient (Wildman–Crippen LogP) is 2.37. The van der Waals surface area contributed by atoms with Crippen molar-refractivity contribution in [1.29, 1.82) is 0 Å². The number of aromatic nitrogens is 4. The Bertz CT molecular complexity index is 649. The molecule has 1 saturated carbocycles. The van der Waals surface area contributed by atoms with Gasteiger partial charge in [0.1, 0.15) is 5.75 Å². The smallest absolute Gasteiger partial charge is 0.182 e. The number of nitrogens with two attached hydrogens (primary N) is 1. The van der Waals surface area contributed by atoms with Gasteiger partial charge in [0.2, 0.25) is 0 Å². The molecule has 112 valence electrons. The van der Waals surface area contributed by atoms with Crippen molar-refractivity contribution in [3.63, 3.8) is 0 Å². The molecule has 1 aromatic carbocycles. The minimum absolute atomic E-state index is 0.398. The summed E-state index contributed by atoms with van der Waals surface area (Å²) in [6, 6.07) is 5.62. The highest BCUT2D eigenvalue weighted by molar-refractivity contribution is 5.64. The van der Waals surface area contributed by atoms with Gasteiger partial charge in [0, 0.05) is 23.9 Å². The van der Waals surface area contributed by atoms with E-state index < -0.39 is 0 Å². The second-order valence-corrected chi connectivity index (χ2v) is 6.30. The molecule has 2 N–H and O–H groups in total. The van der Waals surface area contributed by atoms with Crippen LogP contribution in [0.2, 0.25) is 0 Å². The van der Waals surface area contributed by atoms with E-state index in [1.165, 1.54) is 6.42 Å². The maximum absolute atomic E-state index is 5.94. The maximum Gasteiger partial charge on any atom is 0.182 e. The molecule has 6 heteroatoms. The van der Waals surface area contributed by atoms with Crippen molar-refractivity contribution >= 4 is 5.69 Å². The van der Waals surface area contributed by atoms with Crippen LogP contribution < -0.4 is 10.5 Å². The third-order valence-corrected chi connectivity index (χ3v) is 4.14. The number of nitrogens with zero attached hydrogens (tertiary/aromatic N) is 4. The molecule has 2 aromatic rings. The van der Waals surface area contributed by atoms with Crippen molar-refractivity contribution in [2.24, 2.45) is 11.3 Å².